The van der Waals surface area contributed by atoms with E-state index in [1.807, 2.05) is 6.92 Å². The molecular formula is C19H21ClFN3O3S. The summed E-state index contributed by atoms with van der Waals surface area (Å²) < 4.78 is 41.4. The lowest BCUT2D eigenvalue weighted by Crippen LogP contribution is -2.48. The normalized spacial score (nSPS) is 16.1. The fourth-order valence-corrected chi connectivity index (χ4v) is 4.64. The lowest BCUT2D eigenvalue weighted by atomic mass is 10.2. The molecule has 0 saturated carbocycles. The maximum atomic E-state index is 14.5. The van der Waals surface area contributed by atoms with Gasteiger partial charge >= 0.3 is 0 Å². The maximum absolute atomic E-state index is 14.5. The third-order valence-corrected chi connectivity index (χ3v) is 6.82. The molecule has 6 nitrogen and oxygen atoms in total. The smallest absolute Gasteiger partial charge is 0.255 e. The Bertz CT molecular complexity index is 976. The van der Waals surface area contributed by atoms with Crippen molar-refractivity contribution in [2.75, 3.05) is 38.0 Å². The van der Waals surface area contributed by atoms with Crippen molar-refractivity contribution < 1.29 is 17.6 Å². The number of sulfonamides is 1. The molecule has 0 atom stereocenters. The Labute approximate surface area is 168 Å². The second kappa shape index (κ2) is 8.57. The number of benzene rings is 2. The molecule has 1 heterocycles. The predicted octanol–water partition coefficient (Wildman–Crippen LogP) is 3.06. The first-order valence-corrected chi connectivity index (χ1v) is 10.7. The molecule has 0 aliphatic carbocycles. The van der Waals surface area contributed by atoms with Gasteiger partial charge in [-0.1, -0.05) is 24.6 Å². The van der Waals surface area contributed by atoms with Gasteiger partial charge in [-0.2, -0.15) is 4.31 Å². The summed E-state index contributed by atoms with van der Waals surface area (Å²) in [5.41, 5.74) is 0.178. The third kappa shape index (κ3) is 4.52. The molecule has 1 amide bonds. The van der Waals surface area contributed by atoms with Gasteiger partial charge in [0.05, 0.1) is 10.6 Å². The molecule has 1 fully saturated rings. The van der Waals surface area contributed by atoms with Gasteiger partial charge in [-0.15, -0.1) is 0 Å². The third-order valence-electron chi connectivity index (χ3n) is 4.69. The van der Waals surface area contributed by atoms with E-state index in [0.29, 0.717) is 31.2 Å². The topological polar surface area (TPSA) is 69.7 Å². The number of hydrogen-bond acceptors (Lipinski definition) is 4. The Morgan fingerprint density at radius 3 is 2.46 bits per heavy atom. The fraction of sp³-hybridized carbons (Fsp3) is 0.316. The molecule has 0 unspecified atom stereocenters. The van der Waals surface area contributed by atoms with Crippen molar-refractivity contribution in [3.63, 3.8) is 0 Å². The van der Waals surface area contributed by atoms with Crippen molar-refractivity contribution in [3.05, 3.63) is 58.9 Å². The first-order chi connectivity index (χ1) is 13.3. The zero-order valence-corrected chi connectivity index (χ0v) is 16.9. The number of rotatable bonds is 5. The monoisotopic (exact) mass is 425 g/mol. The van der Waals surface area contributed by atoms with Gasteiger partial charge in [-0.05, 0) is 42.9 Å². The largest absolute Gasteiger partial charge is 0.319 e. The summed E-state index contributed by atoms with van der Waals surface area (Å²) in [6, 6.07) is 9.75. The van der Waals surface area contributed by atoms with Gasteiger partial charge in [0.1, 0.15) is 5.82 Å². The minimum absolute atomic E-state index is 0.0975. The van der Waals surface area contributed by atoms with Gasteiger partial charge in [-0.3, -0.25) is 4.79 Å². The van der Waals surface area contributed by atoms with Crippen LogP contribution in [0, 0.1) is 5.82 Å². The van der Waals surface area contributed by atoms with Crippen LogP contribution in [0.4, 0.5) is 10.1 Å². The number of anilines is 1. The minimum Gasteiger partial charge on any atom is -0.319 e. The highest BCUT2D eigenvalue weighted by molar-refractivity contribution is 7.89. The summed E-state index contributed by atoms with van der Waals surface area (Å²) in [5.74, 6) is -1.35. The molecular weight excluding hydrogens is 405 g/mol. The average molecular weight is 426 g/mol. The molecule has 1 aliphatic heterocycles. The van der Waals surface area contributed by atoms with Crippen LogP contribution in [0.5, 0.6) is 0 Å². The first-order valence-electron chi connectivity index (χ1n) is 8.90. The van der Waals surface area contributed by atoms with E-state index >= 15 is 0 Å². The summed E-state index contributed by atoms with van der Waals surface area (Å²) in [7, 11) is -3.78. The van der Waals surface area contributed by atoms with Gasteiger partial charge in [0.2, 0.25) is 10.0 Å². The van der Waals surface area contributed by atoms with E-state index in [-0.39, 0.29) is 16.1 Å². The summed E-state index contributed by atoms with van der Waals surface area (Å²) in [6.45, 7) is 4.91. The molecule has 1 N–H and O–H groups in total. The van der Waals surface area contributed by atoms with Gasteiger partial charge in [0.15, 0.2) is 0 Å². The molecule has 1 saturated heterocycles. The van der Waals surface area contributed by atoms with Gasteiger partial charge in [0.25, 0.3) is 5.91 Å². The molecule has 0 radical (unpaired) electrons. The van der Waals surface area contributed by atoms with Crippen molar-refractivity contribution in [1.82, 2.24) is 9.21 Å². The molecule has 150 valence electrons. The summed E-state index contributed by atoms with van der Waals surface area (Å²) in [5, 5.41) is 2.82. The number of carbonyl (C=O) groups excluding carboxylic acids is 1. The SMILES string of the molecule is CCN1CCN(S(=O)(=O)c2ccc(NC(=O)c3cccc(Cl)c3)c(F)c2)CC1. The van der Waals surface area contributed by atoms with E-state index in [1.165, 1.54) is 22.5 Å². The van der Waals surface area contributed by atoms with E-state index in [0.717, 1.165) is 12.6 Å². The zero-order valence-electron chi connectivity index (χ0n) is 15.4. The lowest BCUT2D eigenvalue weighted by molar-refractivity contribution is 0.102. The van der Waals surface area contributed by atoms with Gasteiger partial charge < -0.3 is 10.2 Å². The predicted molar refractivity (Wildman–Crippen MR) is 107 cm³/mol. The van der Waals surface area contributed by atoms with Crippen LogP contribution >= 0.6 is 11.6 Å². The zero-order chi connectivity index (χ0) is 20.3. The van der Waals surface area contributed by atoms with E-state index in [9.17, 15) is 17.6 Å². The minimum atomic E-state index is -3.78. The number of amides is 1. The van der Waals surface area contributed by atoms with Gasteiger partial charge in [0, 0.05) is 36.8 Å². The van der Waals surface area contributed by atoms with Crippen molar-refractivity contribution in [2.24, 2.45) is 0 Å². The van der Waals surface area contributed by atoms with E-state index < -0.39 is 21.7 Å². The number of likely N-dealkylation sites (N-methyl/N-ethyl adjacent to an activating group) is 1. The Morgan fingerprint density at radius 2 is 1.86 bits per heavy atom. The highest BCUT2D eigenvalue weighted by Crippen LogP contribution is 2.23. The van der Waals surface area contributed by atoms with Crippen LogP contribution in [0.2, 0.25) is 5.02 Å². The summed E-state index contributed by atoms with van der Waals surface area (Å²) in [6.07, 6.45) is 0. The molecule has 3 rings (SSSR count). The van der Waals surface area contributed by atoms with Crippen LogP contribution in [0.3, 0.4) is 0 Å². The van der Waals surface area contributed by atoms with Crippen LogP contribution in [0.25, 0.3) is 0 Å². The second-order valence-electron chi connectivity index (χ2n) is 6.44. The molecule has 1 aliphatic rings. The van der Waals surface area contributed by atoms with Crippen molar-refractivity contribution in [1.29, 1.82) is 0 Å². The summed E-state index contributed by atoms with van der Waals surface area (Å²) in [4.78, 5) is 14.3. The Hall–Kier alpha value is -2.00. The van der Waals surface area contributed by atoms with Crippen molar-refractivity contribution in [3.8, 4) is 0 Å². The average Bonchev–Trinajstić information content (AvgIpc) is 2.69. The molecule has 0 bridgehead atoms. The molecule has 28 heavy (non-hydrogen) atoms. The Kier molecular flexibility index (Phi) is 6.34. The van der Waals surface area contributed by atoms with Crippen LogP contribution in [0.1, 0.15) is 17.3 Å². The van der Waals surface area contributed by atoms with Crippen LogP contribution in [-0.4, -0.2) is 56.3 Å². The highest BCUT2D eigenvalue weighted by atomic mass is 35.5. The quantitative estimate of drug-likeness (QED) is 0.799. The first kappa shape index (κ1) is 20.7. The second-order valence-corrected chi connectivity index (χ2v) is 8.82. The number of nitrogens with zero attached hydrogens (tertiary/aromatic N) is 2. The molecule has 2 aromatic rings. The van der Waals surface area contributed by atoms with Crippen LogP contribution < -0.4 is 5.32 Å². The van der Waals surface area contributed by atoms with Crippen LogP contribution in [-0.2, 0) is 10.0 Å². The van der Waals surface area contributed by atoms with Crippen molar-refractivity contribution in [2.45, 2.75) is 11.8 Å². The molecule has 0 spiro atoms. The highest BCUT2D eigenvalue weighted by Gasteiger charge is 2.28. The standard InChI is InChI=1S/C19H21ClFN3O3S/c1-2-23-8-10-24(11-9-23)28(26,27)16-6-7-18(17(21)13-16)22-19(25)14-4-3-5-15(20)12-14/h3-7,12-13H,2,8-11H2,1H3,(H,22,25). The maximum Gasteiger partial charge on any atom is 0.255 e. The summed E-state index contributed by atoms with van der Waals surface area (Å²) >= 11 is 5.86. The molecule has 0 aromatic heterocycles. The number of carbonyl (C=O) groups is 1. The fourth-order valence-electron chi connectivity index (χ4n) is 3.02. The number of piperazine rings is 1. The number of halogens is 2. The number of nitrogens with one attached hydrogen (secondary N) is 1. The van der Waals surface area contributed by atoms with E-state index in [4.69, 9.17) is 11.6 Å². The van der Waals surface area contributed by atoms with E-state index in [2.05, 4.69) is 10.2 Å². The van der Waals surface area contributed by atoms with E-state index in [1.54, 1.807) is 18.2 Å². The molecule has 9 heteroatoms. The number of hydrogen-bond donors (Lipinski definition) is 1. The van der Waals surface area contributed by atoms with Gasteiger partial charge in [-0.25, -0.2) is 12.8 Å². The Balaban J connectivity index is 1.76. The van der Waals surface area contributed by atoms with Crippen LogP contribution in [0.15, 0.2) is 47.4 Å². The Morgan fingerprint density at radius 1 is 1.14 bits per heavy atom. The lowest BCUT2D eigenvalue weighted by Gasteiger charge is -2.33. The van der Waals surface area contributed by atoms with Crippen molar-refractivity contribution >= 4 is 33.2 Å². The molecule has 2 aromatic carbocycles.